The zero-order valence-electron chi connectivity index (χ0n) is 17.8. The van der Waals surface area contributed by atoms with Crippen LogP contribution in [0.1, 0.15) is 57.9 Å². The van der Waals surface area contributed by atoms with E-state index in [1.807, 2.05) is 23.2 Å². The predicted octanol–water partition coefficient (Wildman–Crippen LogP) is 2.91. The number of amides is 3. The predicted molar refractivity (Wildman–Crippen MR) is 115 cm³/mol. The molecule has 29 heavy (non-hydrogen) atoms. The van der Waals surface area contributed by atoms with Gasteiger partial charge in [-0.2, -0.15) is 0 Å². The summed E-state index contributed by atoms with van der Waals surface area (Å²) in [5.74, 6) is 1.42. The molecule has 7 heteroatoms. The Hall–Kier alpha value is -2.31. The van der Waals surface area contributed by atoms with E-state index in [4.69, 9.17) is 0 Å². The monoisotopic (exact) mass is 401 g/mol. The molecule has 7 nitrogen and oxygen atoms in total. The van der Waals surface area contributed by atoms with E-state index in [9.17, 15) is 9.59 Å². The minimum absolute atomic E-state index is 0.122. The Morgan fingerprint density at radius 1 is 1.10 bits per heavy atom. The number of urea groups is 1. The Bertz CT molecular complexity index is 660. The molecule has 160 valence electrons. The molecule has 0 bridgehead atoms. The van der Waals surface area contributed by atoms with Gasteiger partial charge in [0, 0.05) is 50.9 Å². The molecule has 0 aromatic carbocycles. The van der Waals surface area contributed by atoms with Gasteiger partial charge in [0.25, 0.3) is 0 Å². The third kappa shape index (κ3) is 5.84. The van der Waals surface area contributed by atoms with Crippen molar-refractivity contribution in [3.05, 3.63) is 23.9 Å². The summed E-state index contributed by atoms with van der Waals surface area (Å²) in [6.07, 6.45) is 7.71. The Kier molecular flexibility index (Phi) is 7.72. The van der Waals surface area contributed by atoms with Crippen LogP contribution in [0.4, 0.5) is 10.6 Å². The van der Waals surface area contributed by atoms with E-state index in [0.29, 0.717) is 6.54 Å². The van der Waals surface area contributed by atoms with Gasteiger partial charge >= 0.3 is 6.03 Å². The molecule has 2 aliphatic rings. The van der Waals surface area contributed by atoms with E-state index in [1.54, 1.807) is 0 Å². The van der Waals surface area contributed by atoms with Crippen molar-refractivity contribution in [3.63, 3.8) is 0 Å². The average molecular weight is 402 g/mol. The number of nitrogens with zero attached hydrogens (tertiary/aromatic N) is 3. The van der Waals surface area contributed by atoms with Crippen molar-refractivity contribution in [3.8, 4) is 0 Å². The zero-order valence-corrected chi connectivity index (χ0v) is 17.8. The summed E-state index contributed by atoms with van der Waals surface area (Å²) in [5.41, 5.74) is 0.994. The number of carbonyl (C=O) groups excluding carboxylic acids is 2. The second-order valence-corrected chi connectivity index (χ2v) is 8.16. The first-order chi connectivity index (χ1) is 14.1. The minimum Gasteiger partial charge on any atom is -0.357 e. The Morgan fingerprint density at radius 3 is 2.38 bits per heavy atom. The van der Waals surface area contributed by atoms with Crippen LogP contribution in [0.2, 0.25) is 0 Å². The van der Waals surface area contributed by atoms with Gasteiger partial charge in [-0.15, -0.1) is 0 Å². The fourth-order valence-electron chi connectivity index (χ4n) is 4.21. The number of piperidine rings is 1. The van der Waals surface area contributed by atoms with Crippen LogP contribution in [0.5, 0.6) is 0 Å². The smallest absolute Gasteiger partial charge is 0.315 e. The number of rotatable bonds is 7. The standard InChI is InChI=1S/C22H35N5O2/c1-3-18(4-2)21(28)27-13-9-19(10-14-27)25-22(29)24-16-17-7-8-20(23-15-17)26-11-5-6-12-26/h7-8,15,18-19H,3-6,9-14,16H2,1-2H3,(H2,24,25,29). The maximum atomic E-state index is 12.5. The number of likely N-dealkylation sites (tertiary alicyclic amines) is 1. The highest BCUT2D eigenvalue weighted by Crippen LogP contribution is 2.18. The third-order valence-electron chi connectivity index (χ3n) is 6.17. The lowest BCUT2D eigenvalue weighted by Crippen LogP contribution is -2.50. The summed E-state index contributed by atoms with van der Waals surface area (Å²) in [6, 6.07) is 4.03. The first kappa shape index (κ1) is 21.4. The minimum atomic E-state index is -0.154. The normalized spacial score (nSPS) is 17.6. The van der Waals surface area contributed by atoms with Crippen LogP contribution in [0.25, 0.3) is 0 Å². The number of nitrogens with one attached hydrogen (secondary N) is 2. The third-order valence-corrected chi connectivity index (χ3v) is 6.17. The molecule has 0 radical (unpaired) electrons. The number of aromatic nitrogens is 1. The van der Waals surface area contributed by atoms with E-state index in [1.165, 1.54) is 12.8 Å². The van der Waals surface area contributed by atoms with Crippen molar-refractivity contribution in [2.45, 2.75) is 65.0 Å². The molecule has 1 aromatic heterocycles. The van der Waals surface area contributed by atoms with Gasteiger partial charge in [0.15, 0.2) is 0 Å². The van der Waals surface area contributed by atoms with E-state index in [2.05, 4.69) is 34.4 Å². The molecule has 1 aromatic rings. The van der Waals surface area contributed by atoms with Gasteiger partial charge in [0.05, 0.1) is 0 Å². The number of carbonyl (C=O) groups is 2. The summed E-state index contributed by atoms with van der Waals surface area (Å²) in [6.45, 7) is 8.21. The van der Waals surface area contributed by atoms with Gasteiger partial charge < -0.3 is 20.4 Å². The molecule has 2 saturated heterocycles. The summed E-state index contributed by atoms with van der Waals surface area (Å²) in [7, 11) is 0. The molecular weight excluding hydrogens is 366 g/mol. The molecule has 3 heterocycles. The van der Waals surface area contributed by atoms with Crippen LogP contribution >= 0.6 is 0 Å². The van der Waals surface area contributed by atoms with Crippen LogP contribution in [-0.2, 0) is 11.3 Å². The largest absolute Gasteiger partial charge is 0.357 e. The van der Waals surface area contributed by atoms with Crippen LogP contribution in [0, 0.1) is 5.92 Å². The molecule has 2 aliphatic heterocycles. The SMILES string of the molecule is CCC(CC)C(=O)N1CCC(NC(=O)NCc2ccc(N3CCCC3)nc2)CC1. The maximum absolute atomic E-state index is 12.5. The molecule has 0 saturated carbocycles. The van der Waals surface area contributed by atoms with Gasteiger partial charge in [0.2, 0.25) is 5.91 Å². The van der Waals surface area contributed by atoms with Crippen LogP contribution < -0.4 is 15.5 Å². The van der Waals surface area contributed by atoms with Gasteiger partial charge in [-0.05, 0) is 50.2 Å². The van der Waals surface area contributed by atoms with E-state index in [0.717, 1.165) is 63.2 Å². The van der Waals surface area contributed by atoms with Crippen molar-refractivity contribution in [2.75, 3.05) is 31.1 Å². The second kappa shape index (κ2) is 10.5. The molecule has 0 aliphatic carbocycles. The highest BCUT2D eigenvalue weighted by molar-refractivity contribution is 5.79. The summed E-state index contributed by atoms with van der Waals surface area (Å²) in [4.78, 5) is 33.5. The number of hydrogen-bond acceptors (Lipinski definition) is 4. The molecule has 0 spiro atoms. The van der Waals surface area contributed by atoms with Gasteiger partial charge in [-0.1, -0.05) is 19.9 Å². The van der Waals surface area contributed by atoms with Crippen molar-refractivity contribution in [1.29, 1.82) is 0 Å². The fraction of sp³-hybridized carbons (Fsp3) is 0.682. The molecular formula is C22H35N5O2. The van der Waals surface area contributed by atoms with E-state index < -0.39 is 0 Å². The molecule has 0 unspecified atom stereocenters. The first-order valence-corrected chi connectivity index (χ1v) is 11.1. The van der Waals surface area contributed by atoms with Crippen molar-refractivity contribution in [1.82, 2.24) is 20.5 Å². The Balaban J connectivity index is 1.37. The lowest BCUT2D eigenvalue weighted by molar-refractivity contribution is -0.136. The van der Waals surface area contributed by atoms with E-state index in [-0.39, 0.29) is 23.9 Å². The quantitative estimate of drug-likeness (QED) is 0.736. The second-order valence-electron chi connectivity index (χ2n) is 8.16. The van der Waals surface area contributed by atoms with Crippen LogP contribution in [-0.4, -0.2) is 54.0 Å². The van der Waals surface area contributed by atoms with Crippen molar-refractivity contribution in [2.24, 2.45) is 5.92 Å². The van der Waals surface area contributed by atoms with Crippen LogP contribution in [0.3, 0.4) is 0 Å². The molecule has 0 atom stereocenters. The fourth-order valence-corrected chi connectivity index (χ4v) is 4.21. The summed E-state index contributed by atoms with van der Waals surface area (Å²) < 4.78 is 0. The Morgan fingerprint density at radius 2 is 1.79 bits per heavy atom. The van der Waals surface area contributed by atoms with Crippen LogP contribution in [0.15, 0.2) is 18.3 Å². The number of hydrogen-bond donors (Lipinski definition) is 2. The van der Waals surface area contributed by atoms with Gasteiger partial charge in [0.1, 0.15) is 5.82 Å². The van der Waals surface area contributed by atoms with E-state index >= 15 is 0 Å². The summed E-state index contributed by atoms with van der Waals surface area (Å²) >= 11 is 0. The lowest BCUT2D eigenvalue weighted by atomic mass is 9.98. The number of anilines is 1. The number of pyridine rings is 1. The van der Waals surface area contributed by atoms with Gasteiger partial charge in [-0.25, -0.2) is 9.78 Å². The summed E-state index contributed by atoms with van der Waals surface area (Å²) in [5, 5.41) is 5.97. The topological polar surface area (TPSA) is 77.6 Å². The molecule has 3 amide bonds. The highest BCUT2D eigenvalue weighted by atomic mass is 16.2. The average Bonchev–Trinajstić information content (AvgIpc) is 3.29. The first-order valence-electron chi connectivity index (χ1n) is 11.1. The zero-order chi connectivity index (χ0) is 20.6. The van der Waals surface area contributed by atoms with Gasteiger partial charge in [-0.3, -0.25) is 4.79 Å². The maximum Gasteiger partial charge on any atom is 0.315 e. The highest BCUT2D eigenvalue weighted by Gasteiger charge is 2.27. The molecule has 2 N–H and O–H groups in total. The Labute approximate surface area is 174 Å². The van der Waals surface area contributed by atoms with Crippen molar-refractivity contribution < 1.29 is 9.59 Å². The molecule has 2 fully saturated rings. The molecule has 3 rings (SSSR count). The lowest BCUT2D eigenvalue weighted by Gasteiger charge is -2.34. The van der Waals surface area contributed by atoms with Crippen molar-refractivity contribution >= 4 is 17.8 Å².